The van der Waals surface area contributed by atoms with E-state index in [0.717, 1.165) is 0 Å². The highest BCUT2D eigenvalue weighted by Crippen LogP contribution is 2.22. The van der Waals surface area contributed by atoms with E-state index in [2.05, 4.69) is 25.4 Å². The largest absolute Gasteiger partial charge is 0.462 e. The number of nitrogens with zero attached hydrogens (tertiary/aromatic N) is 5. The summed E-state index contributed by atoms with van der Waals surface area (Å²) < 4.78 is 6.66. The second-order valence-electron chi connectivity index (χ2n) is 5.21. The van der Waals surface area contributed by atoms with Gasteiger partial charge in [-0.3, -0.25) is 0 Å². The van der Waals surface area contributed by atoms with Gasteiger partial charge in [0.05, 0.1) is 18.2 Å². The maximum atomic E-state index is 12.1. The predicted octanol–water partition coefficient (Wildman–Crippen LogP) is 2.41. The molecule has 0 amide bonds. The van der Waals surface area contributed by atoms with Crippen LogP contribution in [-0.2, 0) is 4.74 Å². The normalized spacial score (nSPS) is 11.8. The number of carbonyl (C=O) groups is 1. The van der Waals surface area contributed by atoms with Gasteiger partial charge in [-0.15, -0.1) is 0 Å². The third kappa shape index (κ3) is 3.63. The maximum absolute atomic E-state index is 12.1. The molecule has 0 radical (unpaired) electrons. The molecular weight excluding hydrogens is 320 g/mol. The Kier molecular flexibility index (Phi) is 4.98. The van der Waals surface area contributed by atoms with Crippen molar-refractivity contribution in [2.24, 2.45) is 0 Å². The Morgan fingerprint density at radius 2 is 1.96 bits per heavy atom. The molecule has 8 nitrogen and oxygen atoms in total. The Balaban J connectivity index is 1.86. The molecule has 3 rings (SSSR count). The Hall–Kier alpha value is -3.29. The number of ether oxygens (including phenoxy) is 1. The van der Waals surface area contributed by atoms with E-state index in [-0.39, 0.29) is 12.0 Å². The summed E-state index contributed by atoms with van der Waals surface area (Å²) in [6.07, 6.45) is 4.73. The monoisotopic (exact) mass is 338 g/mol. The number of hydrogen-bond acceptors (Lipinski definition) is 7. The third-order valence-corrected chi connectivity index (χ3v) is 3.50. The zero-order valence-electron chi connectivity index (χ0n) is 14.0. The summed E-state index contributed by atoms with van der Waals surface area (Å²) in [5.74, 6) is 0.692. The highest BCUT2D eigenvalue weighted by molar-refractivity contribution is 5.95. The molecule has 8 heteroatoms. The van der Waals surface area contributed by atoms with Crippen molar-refractivity contribution in [3.05, 3.63) is 60.4 Å². The molecule has 2 heterocycles. The summed E-state index contributed by atoms with van der Waals surface area (Å²) >= 11 is 0. The Bertz CT molecular complexity index is 849. The van der Waals surface area contributed by atoms with Gasteiger partial charge in [0.25, 0.3) is 5.95 Å². The number of hydrogen-bond donors (Lipinski definition) is 1. The van der Waals surface area contributed by atoms with Gasteiger partial charge in [-0.05, 0) is 32.0 Å². The summed E-state index contributed by atoms with van der Waals surface area (Å²) in [6.45, 7) is 4.02. The first-order valence-electron chi connectivity index (χ1n) is 7.90. The van der Waals surface area contributed by atoms with Crippen LogP contribution in [0.3, 0.4) is 0 Å². The van der Waals surface area contributed by atoms with Crippen LogP contribution < -0.4 is 5.32 Å². The van der Waals surface area contributed by atoms with Gasteiger partial charge in [-0.2, -0.15) is 9.78 Å². The summed E-state index contributed by atoms with van der Waals surface area (Å²) in [7, 11) is 0. The molecule has 2 aromatic heterocycles. The van der Waals surface area contributed by atoms with E-state index < -0.39 is 0 Å². The number of rotatable bonds is 6. The second kappa shape index (κ2) is 7.52. The van der Waals surface area contributed by atoms with Gasteiger partial charge >= 0.3 is 5.97 Å². The molecule has 0 fully saturated rings. The average molecular weight is 338 g/mol. The number of para-hydroxylation sites is 1. The van der Waals surface area contributed by atoms with Crippen LogP contribution in [0.25, 0.3) is 5.95 Å². The van der Waals surface area contributed by atoms with Gasteiger partial charge in [-0.1, -0.05) is 12.1 Å². The van der Waals surface area contributed by atoms with Crippen LogP contribution in [0.4, 0.5) is 5.69 Å². The fourth-order valence-corrected chi connectivity index (χ4v) is 2.39. The fourth-order valence-electron chi connectivity index (χ4n) is 2.39. The smallest absolute Gasteiger partial charge is 0.340 e. The molecule has 128 valence electrons. The lowest BCUT2D eigenvalue weighted by Crippen LogP contribution is -2.17. The summed E-state index contributed by atoms with van der Waals surface area (Å²) in [6, 6.07) is 8.69. The predicted molar refractivity (Wildman–Crippen MR) is 91.4 cm³/mol. The molecule has 1 N–H and O–H groups in total. The van der Waals surface area contributed by atoms with Crippen molar-refractivity contribution >= 4 is 11.7 Å². The Morgan fingerprint density at radius 3 is 2.72 bits per heavy atom. The lowest BCUT2D eigenvalue weighted by atomic mass is 10.1. The van der Waals surface area contributed by atoms with Crippen LogP contribution >= 0.6 is 0 Å². The van der Waals surface area contributed by atoms with E-state index in [1.807, 2.05) is 19.1 Å². The van der Waals surface area contributed by atoms with Gasteiger partial charge in [0.1, 0.15) is 6.33 Å². The maximum Gasteiger partial charge on any atom is 0.340 e. The number of esters is 1. The van der Waals surface area contributed by atoms with E-state index in [4.69, 9.17) is 4.74 Å². The van der Waals surface area contributed by atoms with Crippen molar-refractivity contribution in [3.8, 4) is 5.95 Å². The van der Waals surface area contributed by atoms with Crippen LogP contribution in [0.5, 0.6) is 0 Å². The molecule has 1 atom stereocenters. The molecule has 1 unspecified atom stereocenters. The molecule has 0 aliphatic rings. The standard InChI is InChI=1S/C17H18N6O2/c1-3-25-16(24)13-7-4-5-8-14(13)22-12(2)15-20-11-21-23(15)17-18-9-6-10-19-17/h4-12,22H,3H2,1-2H3. The zero-order chi connectivity index (χ0) is 17.6. The molecule has 0 aliphatic carbocycles. The van der Waals surface area contributed by atoms with Crippen molar-refractivity contribution in [2.45, 2.75) is 19.9 Å². The summed E-state index contributed by atoms with van der Waals surface area (Å²) in [5, 5.41) is 7.47. The van der Waals surface area contributed by atoms with Gasteiger partial charge in [0.2, 0.25) is 0 Å². The summed E-state index contributed by atoms with van der Waals surface area (Å²) in [5.41, 5.74) is 1.13. The molecule has 25 heavy (non-hydrogen) atoms. The van der Waals surface area contributed by atoms with E-state index >= 15 is 0 Å². The van der Waals surface area contributed by atoms with E-state index in [0.29, 0.717) is 29.6 Å². The van der Waals surface area contributed by atoms with Crippen molar-refractivity contribution in [3.63, 3.8) is 0 Å². The summed E-state index contributed by atoms with van der Waals surface area (Å²) in [4.78, 5) is 24.8. The molecule has 0 spiro atoms. The minimum Gasteiger partial charge on any atom is -0.462 e. The number of carbonyl (C=O) groups excluding carboxylic acids is 1. The van der Waals surface area contributed by atoms with Crippen molar-refractivity contribution in [1.29, 1.82) is 0 Å². The van der Waals surface area contributed by atoms with Crippen LogP contribution in [0, 0.1) is 0 Å². The Morgan fingerprint density at radius 1 is 1.20 bits per heavy atom. The molecule has 3 aromatic rings. The fraction of sp³-hybridized carbons (Fsp3) is 0.235. The molecular formula is C17H18N6O2. The SMILES string of the molecule is CCOC(=O)c1ccccc1NC(C)c1ncnn1-c1ncccn1. The van der Waals surface area contributed by atoms with Gasteiger partial charge in [0.15, 0.2) is 5.82 Å². The number of anilines is 1. The first-order valence-corrected chi connectivity index (χ1v) is 7.90. The van der Waals surface area contributed by atoms with Crippen molar-refractivity contribution < 1.29 is 9.53 Å². The number of nitrogens with one attached hydrogen (secondary N) is 1. The minimum atomic E-state index is -0.370. The second-order valence-corrected chi connectivity index (χ2v) is 5.21. The van der Waals surface area contributed by atoms with E-state index in [9.17, 15) is 4.79 Å². The molecule has 1 aromatic carbocycles. The lowest BCUT2D eigenvalue weighted by Gasteiger charge is -2.17. The molecule has 0 bridgehead atoms. The topological polar surface area (TPSA) is 94.8 Å². The minimum absolute atomic E-state index is 0.234. The van der Waals surface area contributed by atoms with E-state index in [1.54, 1.807) is 42.2 Å². The Labute approximate surface area is 144 Å². The molecule has 0 saturated heterocycles. The first-order chi connectivity index (χ1) is 12.2. The van der Waals surface area contributed by atoms with Crippen LogP contribution in [0.2, 0.25) is 0 Å². The van der Waals surface area contributed by atoms with Gasteiger partial charge in [-0.25, -0.2) is 19.7 Å². The molecule has 0 aliphatic heterocycles. The van der Waals surface area contributed by atoms with Gasteiger partial charge < -0.3 is 10.1 Å². The van der Waals surface area contributed by atoms with Crippen LogP contribution in [0.15, 0.2) is 49.1 Å². The number of benzene rings is 1. The first kappa shape index (κ1) is 16.6. The highest BCUT2D eigenvalue weighted by atomic mass is 16.5. The lowest BCUT2D eigenvalue weighted by molar-refractivity contribution is 0.0527. The van der Waals surface area contributed by atoms with Crippen molar-refractivity contribution in [2.75, 3.05) is 11.9 Å². The average Bonchev–Trinajstić information content (AvgIpc) is 3.13. The number of aromatic nitrogens is 5. The van der Waals surface area contributed by atoms with Crippen LogP contribution in [-0.4, -0.2) is 37.3 Å². The van der Waals surface area contributed by atoms with Crippen molar-refractivity contribution in [1.82, 2.24) is 24.7 Å². The quantitative estimate of drug-likeness (QED) is 0.690. The highest BCUT2D eigenvalue weighted by Gasteiger charge is 2.19. The van der Waals surface area contributed by atoms with Gasteiger partial charge in [0, 0.05) is 18.1 Å². The third-order valence-electron chi connectivity index (χ3n) is 3.50. The molecule has 0 saturated carbocycles. The van der Waals surface area contributed by atoms with E-state index in [1.165, 1.54) is 6.33 Å². The zero-order valence-corrected chi connectivity index (χ0v) is 14.0. The van der Waals surface area contributed by atoms with Crippen LogP contribution in [0.1, 0.15) is 36.1 Å².